The second-order valence-electron chi connectivity index (χ2n) is 7.27. The molecule has 0 radical (unpaired) electrons. The minimum absolute atomic E-state index is 0.0964. The van der Waals surface area contributed by atoms with Crippen molar-refractivity contribution in [3.63, 3.8) is 0 Å². The lowest BCUT2D eigenvalue weighted by Gasteiger charge is -2.19. The predicted octanol–water partition coefficient (Wildman–Crippen LogP) is 3.12. The number of esters is 1. The fourth-order valence-corrected chi connectivity index (χ4v) is 2.59. The van der Waals surface area contributed by atoms with Gasteiger partial charge in [-0.2, -0.15) is 0 Å². The lowest BCUT2D eigenvalue weighted by molar-refractivity contribution is 0.00695. The summed E-state index contributed by atoms with van der Waals surface area (Å²) in [6.45, 7) is 5.67. The Labute approximate surface area is 155 Å². The van der Waals surface area contributed by atoms with E-state index in [1.54, 1.807) is 45.0 Å². The molecule has 27 heavy (non-hydrogen) atoms. The molecule has 0 saturated heterocycles. The number of nitrogens with zero attached hydrogens (tertiary/aromatic N) is 2. The number of nitrogens with two attached hydrogens (primary N) is 1. The fourth-order valence-electron chi connectivity index (χ4n) is 2.59. The van der Waals surface area contributed by atoms with Crippen LogP contribution in [0.4, 0.5) is 10.1 Å². The van der Waals surface area contributed by atoms with Crippen molar-refractivity contribution in [1.82, 2.24) is 9.55 Å². The lowest BCUT2D eigenvalue weighted by atomic mass is 10.1. The molecule has 0 aliphatic carbocycles. The number of fused-ring (bicyclic) bond motifs is 1. The van der Waals surface area contributed by atoms with E-state index >= 15 is 0 Å². The van der Waals surface area contributed by atoms with E-state index in [0.29, 0.717) is 5.56 Å². The number of nitrogen functional groups attached to an aromatic ring is 1. The van der Waals surface area contributed by atoms with Crippen molar-refractivity contribution in [3.8, 4) is 0 Å². The van der Waals surface area contributed by atoms with Gasteiger partial charge in [0.25, 0.3) is 5.56 Å². The van der Waals surface area contributed by atoms with E-state index in [2.05, 4.69) is 4.98 Å². The van der Waals surface area contributed by atoms with Gasteiger partial charge in [-0.15, -0.1) is 0 Å². The number of ether oxygens (including phenoxy) is 1. The highest BCUT2D eigenvalue weighted by Crippen LogP contribution is 2.17. The predicted molar refractivity (Wildman–Crippen MR) is 101 cm³/mol. The summed E-state index contributed by atoms with van der Waals surface area (Å²) in [5.74, 6) is -1.01. The zero-order valence-electron chi connectivity index (χ0n) is 15.3. The molecule has 0 spiro atoms. The van der Waals surface area contributed by atoms with E-state index in [0.717, 1.165) is 11.6 Å². The highest BCUT2D eigenvalue weighted by Gasteiger charge is 2.17. The standard InChI is InChI=1S/C20H20FN3O3/c1-20(2,3)27-19(26)13-6-4-12(5-7-13)10-24-11-23-17-9-15(21)16(22)8-14(17)18(24)25/h4-9,11H,10,22H2,1-3H3. The summed E-state index contributed by atoms with van der Waals surface area (Å²) in [6.07, 6.45) is 1.36. The second-order valence-corrected chi connectivity index (χ2v) is 7.27. The molecule has 7 heteroatoms. The Bertz CT molecular complexity index is 1070. The molecule has 1 aromatic heterocycles. The topological polar surface area (TPSA) is 87.2 Å². The van der Waals surface area contributed by atoms with Crippen LogP contribution in [0.3, 0.4) is 0 Å². The Morgan fingerprint density at radius 1 is 1.22 bits per heavy atom. The van der Waals surface area contributed by atoms with Gasteiger partial charge < -0.3 is 10.5 Å². The molecule has 0 saturated carbocycles. The van der Waals surface area contributed by atoms with E-state index in [-0.39, 0.29) is 28.7 Å². The number of hydrogen-bond acceptors (Lipinski definition) is 5. The lowest BCUT2D eigenvalue weighted by Crippen LogP contribution is -2.24. The maximum Gasteiger partial charge on any atom is 0.338 e. The number of benzene rings is 2. The number of rotatable bonds is 3. The van der Waals surface area contributed by atoms with Crippen LogP contribution in [0.2, 0.25) is 0 Å². The van der Waals surface area contributed by atoms with Crippen LogP contribution in [-0.2, 0) is 11.3 Å². The van der Waals surface area contributed by atoms with Crippen molar-refractivity contribution >= 4 is 22.6 Å². The van der Waals surface area contributed by atoms with Crippen molar-refractivity contribution in [2.45, 2.75) is 32.9 Å². The second kappa shape index (κ2) is 6.83. The monoisotopic (exact) mass is 369 g/mol. The van der Waals surface area contributed by atoms with Gasteiger partial charge in [-0.25, -0.2) is 14.2 Å². The largest absolute Gasteiger partial charge is 0.456 e. The average Bonchev–Trinajstić information content (AvgIpc) is 2.58. The zero-order chi connectivity index (χ0) is 19.8. The molecule has 0 fully saturated rings. The first kappa shape index (κ1) is 18.6. The molecular formula is C20H20FN3O3. The van der Waals surface area contributed by atoms with Crippen LogP contribution < -0.4 is 11.3 Å². The van der Waals surface area contributed by atoms with Crippen LogP contribution in [0.1, 0.15) is 36.7 Å². The van der Waals surface area contributed by atoms with Gasteiger partial charge in [0.05, 0.1) is 35.0 Å². The van der Waals surface area contributed by atoms with Crippen LogP contribution >= 0.6 is 0 Å². The summed E-state index contributed by atoms with van der Waals surface area (Å²) >= 11 is 0. The number of aromatic nitrogens is 2. The third kappa shape index (κ3) is 4.13. The van der Waals surface area contributed by atoms with Crippen molar-refractivity contribution in [3.05, 3.63) is 70.0 Å². The highest BCUT2D eigenvalue weighted by atomic mass is 19.1. The minimum atomic E-state index is -0.607. The summed E-state index contributed by atoms with van der Waals surface area (Å²) in [5.41, 5.74) is 6.06. The number of carbonyl (C=O) groups is 1. The van der Waals surface area contributed by atoms with Crippen LogP contribution in [0, 0.1) is 5.82 Å². The van der Waals surface area contributed by atoms with Gasteiger partial charge in [0, 0.05) is 6.07 Å². The molecule has 2 aromatic carbocycles. The van der Waals surface area contributed by atoms with Gasteiger partial charge in [0.1, 0.15) is 11.4 Å². The van der Waals surface area contributed by atoms with Crippen molar-refractivity contribution in [2.75, 3.05) is 5.73 Å². The van der Waals surface area contributed by atoms with E-state index < -0.39 is 17.4 Å². The van der Waals surface area contributed by atoms with Crippen molar-refractivity contribution in [1.29, 1.82) is 0 Å². The van der Waals surface area contributed by atoms with Crippen LogP contribution in [0.5, 0.6) is 0 Å². The molecule has 140 valence electrons. The molecule has 0 aliphatic rings. The summed E-state index contributed by atoms with van der Waals surface area (Å²) in [4.78, 5) is 28.8. The maximum absolute atomic E-state index is 13.5. The fraction of sp³-hybridized carbons (Fsp3) is 0.250. The average molecular weight is 369 g/mol. The summed E-state index contributed by atoms with van der Waals surface area (Å²) < 4.78 is 20.3. The Morgan fingerprint density at radius 2 is 1.89 bits per heavy atom. The first-order valence-electron chi connectivity index (χ1n) is 8.40. The van der Waals surface area contributed by atoms with E-state index in [1.807, 2.05) is 0 Å². The Balaban J connectivity index is 1.85. The normalized spacial score (nSPS) is 11.6. The van der Waals surface area contributed by atoms with E-state index in [4.69, 9.17) is 10.5 Å². The zero-order valence-corrected chi connectivity index (χ0v) is 15.3. The molecule has 0 bridgehead atoms. The van der Waals surface area contributed by atoms with Gasteiger partial charge in [-0.05, 0) is 44.5 Å². The molecule has 2 N–H and O–H groups in total. The third-order valence-electron chi connectivity index (χ3n) is 3.88. The van der Waals surface area contributed by atoms with Crippen LogP contribution in [-0.4, -0.2) is 21.1 Å². The maximum atomic E-state index is 13.5. The van der Waals surface area contributed by atoms with Gasteiger partial charge in [-0.3, -0.25) is 9.36 Å². The van der Waals surface area contributed by atoms with E-state index in [9.17, 15) is 14.0 Å². The molecule has 3 rings (SSSR count). The van der Waals surface area contributed by atoms with Crippen molar-refractivity contribution in [2.24, 2.45) is 0 Å². The Morgan fingerprint density at radius 3 is 2.52 bits per heavy atom. The van der Waals surface area contributed by atoms with Gasteiger partial charge in [0.15, 0.2) is 0 Å². The van der Waals surface area contributed by atoms with Crippen LogP contribution in [0.25, 0.3) is 10.9 Å². The van der Waals surface area contributed by atoms with Gasteiger partial charge in [-0.1, -0.05) is 12.1 Å². The SMILES string of the molecule is CC(C)(C)OC(=O)c1ccc(Cn2cnc3cc(F)c(N)cc3c2=O)cc1. The quantitative estimate of drug-likeness (QED) is 0.566. The number of carbonyl (C=O) groups excluding carboxylic acids is 1. The minimum Gasteiger partial charge on any atom is -0.456 e. The molecular weight excluding hydrogens is 349 g/mol. The molecule has 3 aromatic rings. The van der Waals surface area contributed by atoms with Crippen LogP contribution in [0.15, 0.2) is 47.5 Å². The Kier molecular flexibility index (Phi) is 4.70. The van der Waals surface area contributed by atoms with Gasteiger partial charge >= 0.3 is 5.97 Å². The first-order chi connectivity index (χ1) is 12.6. The van der Waals surface area contributed by atoms with Crippen molar-refractivity contribution < 1.29 is 13.9 Å². The van der Waals surface area contributed by atoms with E-state index in [1.165, 1.54) is 17.0 Å². The first-order valence-corrected chi connectivity index (χ1v) is 8.40. The number of anilines is 1. The highest BCUT2D eigenvalue weighted by molar-refractivity contribution is 5.89. The van der Waals surface area contributed by atoms with Gasteiger partial charge in [0.2, 0.25) is 0 Å². The molecule has 0 aliphatic heterocycles. The molecule has 0 unspecified atom stereocenters. The summed E-state index contributed by atoms with van der Waals surface area (Å²) in [5, 5.41) is 0.252. The Hall–Kier alpha value is -3.22. The molecule has 0 atom stereocenters. The third-order valence-corrected chi connectivity index (χ3v) is 3.88. The number of hydrogen-bond donors (Lipinski definition) is 1. The molecule has 0 amide bonds. The number of halogens is 1. The molecule has 1 heterocycles. The summed E-state index contributed by atoms with van der Waals surface area (Å²) in [7, 11) is 0. The molecule has 6 nitrogen and oxygen atoms in total. The summed E-state index contributed by atoms with van der Waals surface area (Å²) in [6, 6.07) is 9.23. The smallest absolute Gasteiger partial charge is 0.338 e.